The Balaban J connectivity index is 1.50. The number of H-pyrrole nitrogens is 1. The number of nitrogens with zero attached hydrogens (tertiary/aromatic N) is 4. The molecule has 0 radical (unpaired) electrons. The van der Waals surface area contributed by atoms with Crippen LogP contribution >= 0.6 is 0 Å². The molecular formula is C34H33N5O3. The molecule has 8 heteroatoms. The van der Waals surface area contributed by atoms with Gasteiger partial charge >= 0.3 is 0 Å². The normalized spacial score (nSPS) is 13.7. The SMILES string of the molecule is COc1ccc(Cn2nc(C)c3c4c(c(-c5ccc(OC)cc5)nc32)c(=O)[nH]c2cc(N3CCCCC3)ccc24)cc1. The third kappa shape index (κ3) is 4.43. The molecule has 6 aromatic rings. The van der Waals surface area contributed by atoms with Crippen LogP contribution < -0.4 is 19.9 Å². The van der Waals surface area contributed by atoms with E-state index in [0.29, 0.717) is 17.6 Å². The number of nitrogens with one attached hydrogen (secondary N) is 1. The van der Waals surface area contributed by atoms with E-state index in [1.54, 1.807) is 14.2 Å². The van der Waals surface area contributed by atoms with Gasteiger partial charge in [0, 0.05) is 35.1 Å². The van der Waals surface area contributed by atoms with E-state index in [4.69, 9.17) is 19.6 Å². The fraction of sp³-hybridized carbons (Fsp3) is 0.265. The van der Waals surface area contributed by atoms with E-state index in [2.05, 4.69) is 28.1 Å². The van der Waals surface area contributed by atoms with Crippen molar-refractivity contribution < 1.29 is 9.47 Å². The van der Waals surface area contributed by atoms with Crippen molar-refractivity contribution in [3.05, 3.63) is 88.3 Å². The van der Waals surface area contributed by atoms with Gasteiger partial charge in [0.2, 0.25) is 0 Å². The van der Waals surface area contributed by atoms with Crippen molar-refractivity contribution in [1.29, 1.82) is 0 Å². The van der Waals surface area contributed by atoms with Crippen molar-refractivity contribution in [3.8, 4) is 22.8 Å². The number of hydrogen-bond acceptors (Lipinski definition) is 6. The first-order valence-electron chi connectivity index (χ1n) is 14.4. The maximum absolute atomic E-state index is 13.9. The van der Waals surface area contributed by atoms with Crippen LogP contribution in [0.3, 0.4) is 0 Å². The Hall–Kier alpha value is -4.85. The van der Waals surface area contributed by atoms with Crippen molar-refractivity contribution in [2.45, 2.75) is 32.7 Å². The maximum atomic E-state index is 13.9. The average Bonchev–Trinajstić information content (AvgIpc) is 3.35. The third-order valence-electron chi connectivity index (χ3n) is 8.38. The Morgan fingerprint density at radius 2 is 1.52 bits per heavy atom. The fourth-order valence-electron chi connectivity index (χ4n) is 6.23. The molecule has 1 N–H and O–H groups in total. The third-order valence-corrected chi connectivity index (χ3v) is 8.38. The van der Waals surface area contributed by atoms with Gasteiger partial charge in [-0.3, -0.25) is 4.79 Å². The van der Waals surface area contributed by atoms with Crippen LogP contribution in [0.25, 0.3) is 44.0 Å². The molecule has 8 nitrogen and oxygen atoms in total. The van der Waals surface area contributed by atoms with Gasteiger partial charge in [-0.1, -0.05) is 18.2 Å². The molecule has 0 saturated carbocycles. The van der Waals surface area contributed by atoms with Crippen molar-refractivity contribution >= 4 is 38.4 Å². The lowest BCUT2D eigenvalue weighted by molar-refractivity contribution is 0.414. The molecule has 3 aromatic heterocycles. The topological polar surface area (TPSA) is 85.3 Å². The molecular weight excluding hydrogens is 526 g/mol. The van der Waals surface area contributed by atoms with E-state index in [-0.39, 0.29) is 5.56 Å². The van der Waals surface area contributed by atoms with Gasteiger partial charge in [0.25, 0.3) is 5.56 Å². The molecule has 212 valence electrons. The second kappa shape index (κ2) is 10.5. The Bertz CT molecular complexity index is 1990. The highest BCUT2D eigenvalue weighted by Crippen LogP contribution is 2.37. The van der Waals surface area contributed by atoms with E-state index >= 15 is 0 Å². The number of ether oxygens (including phenoxy) is 2. The van der Waals surface area contributed by atoms with Crippen LogP contribution in [-0.4, -0.2) is 47.1 Å². The number of aromatic amines is 1. The van der Waals surface area contributed by atoms with Crippen LogP contribution in [0, 0.1) is 6.92 Å². The minimum atomic E-state index is -0.157. The molecule has 4 heterocycles. The predicted octanol–water partition coefficient (Wildman–Crippen LogP) is 6.46. The van der Waals surface area contributed by atoms with Crippen LogP contribution in [0.1, 0.15) is 30.5 Å². The monoisotopic (exact) mass is 559 g/mol. The molecule has 1 fully saturated rings. The van der Waals surface area contributed by atoms with E-state index in [1.165, 1.54) is 19.3 Å². The first-order valence-corrected chi connectivity index (χ1v) is 14.4. The van der Waals surface area contributed by atoms with Gasteiger partial charge in [-0.15, -0.1) is 0 Å². The highest BCUT2D eigenvalue weighted by Gasteiger charge is 2.22. The molecule has 1 aliphatic heterocycles. The molecule has 1 aliphatic rings. The van der Waals surface area contributed by atoms with Crippen molar-refractivity contribution in [1.82, 2.24) is 19.7 Å². The summed E-state index contributed by atoms with van der Waals surface area (Å²) in [6.07, 6.45) is 3.65. The van der Waals surface area contributed by atoms with Gasteiger partial charge in [0.05, 0.1) is 48.4 Å². The van der Waals surface area contributed by atoms with Gasteiger partial charge in [-0.25, -0.2) is 9.67 Å². The number of pyridine rings is 2. The molecule has 0 atom stereocenters. The molecule has 1 saturated heterocycles. The number of aryl methyl sites for hydroxylation is 1. The molecule has 0 unspecified atom stereocenters. The zero-order chi connectivity index (χ0) is 28.8. The van der Waals surface area contributed by atoms with Crippen LogP contribution in [0.4, 0.5) is 5.69 Å². The first-order chi connectivity index (χ1) is 20.5. The molecule has 0 bridgehead atoms. The first kappa shape index (κ1) is 26.1. The fourth-order valence-corrected chi connectivity index (χ4v) is 6.23. The number of piperidine rings is 1. The summed E-state index contributed by atoms with van der Waals surface area (Å²) in [5, 5.41) is 8.29. The molecule has 3 aromatic carbocycles. The highest BCUT2D eigenvalue weighted by molar-refractivity contribution is 6.21. The van der Waals surface area contributed by atoms with Crippen LogP contribution in [0.5, 0.6) is 11.5 Å². The van der Waals surface area contributed by atoms with E-state index in [0.717, 1.165) is 74.4 Å². The molecule has 0 spiro atoms. The zero-order valence-electron chi connectivity index (χ0n) is 24.1. The van der Waals surface area contributed by atoms with Gasteiger partial charge in [0.1, 0.15) is 11.5 Å². The second-order valence-electron chi connectivity index (χ2n) is 11.0. The summed E-state index contributed by atoms with van der Waals surface area (Å²) in [6, 6.07) is 22.1. The molecule has 7 rings (SSSR count). The molecule has 0 aliphatic carbocycles. The number of anilines is 1. The minimum Gasteiger partial charge on any atom is -0.497 e. The number of rotatable bonds is 6. The number of methoxy groups -OCH3 is 2. The summed E-state index contributed by atoms with van der Waals surface area (Å²) >= 11 is 0. The second-order valence-corrected chi connectivity index (χ2v) is 11.0. The van der Waals surface area contributed by atoms with Crippen LogP contribution in [0.15, 0.2) is 71.5 Å². The largest absolute Gasteiger partial charge is 0.497 e. The average molecular weight is 560 g/mol. The lowest BCUT2D eigenvalue weighted by Crippen LogP contribution is -2.29. The maximum Gasteiger partial charge on any atom is 0.258 e. The summed E-state index contributed by atoms with van der Waals surface area (Å²) < 4.78 is 12.7. The van der Waals surface area contributed by atoms with Crippen molar-refractivity contribution in [2.75, 3.05) is 32.2 Å². The summed E-state index contributed by atoms with van der Waals surface area (Å²) in [6.45, 7) is 4.61. The summed E-state index contributed by atoms with van der Waals surface area (Å²) in [4.78, 5) is 24.7. The Labute approximate surface area is 243 Å². The predicted molar refractivity (Wildman–Crippen MR) is 168 cm³/mol. The summed E-state index contributed by atoms with van der Waals surface area (Å²) in [7, 11) is 3.31. The number of benzene rings is 3. The van der Waals surface area contributed by atoms with Gasteiger partial charge in [-0.2, -0.15) is 5.10 Å². The summed E-state index contributed by atoms with van der Waals surface area (Å²) in [5.41, 5.74) is 5.94. The van der Waals surface area contributed by atoms with Gasteiger partial charge in [-0.05, 0) is 80.3 Å². The standard InChI is InChI=1S/C34H33N5O3/c1-21-29-30-27-16-11-24(38-17-5-4-6-18-38)19-28(27)35-34(40)31(30)32(23-9-14-26(42-3)15-10-23)36-33(29)39(37-21)20-22-7-12-25(41-2)13-8-22/h7-16,19H,4-6,17-18,20H2,1-3H3,(H,35,40). The number of aromatic nitrogens is 4. The zero-order valence-corrected chi connectivity index (χ0v) is 24.1. The number of fused-ring (bicyclic) bond motifs is 5. The minimum absolute atomic E-state index is 0.157. The van der Waals surface area contributed by atoms with E-state index < -0.39 is 0 Å². The number of hydrogen-bond donors (Lipinski definition) is 1. The van der Waals surface area contributed by atoms with E-state index in [1.807, 2.05) is 60.1 Å². The lowest BCUT2D eigenvalue weighted by atomic mass is 9.98. The van der Waals surface area contributed by atoms with Crippen molar-refractivity contribution in [3.63, 3.8) is 0 Å². The smallest absolute Gasteiger partial charge is 0.258 e. The van der Waals surface area contributed by atoms with Crippen LogP contribution in [0.2, 0.25) is 0 Å². The van der Waals surface area contributed by atoms with Gasteiger partial charge in [0.15, 0.2) is 5.65 Å². The highest BCUT2D eigenvalue weighted by atomic mass is 16.5. The van der Waals surface area contributed by atoms with Crippen LogP contribution in [-0.2, 0) is 6.54 Å². The quantitative estimate of drug-likeness (QED) is 0.236. The van der Waals surface area contributed by atoms with Gasteiger partial charge < -0.3 is 19.4 Å². The van der Waals surface area contributed by atoms with Crippen molar-refractivity contribution in [2.24, 2.45) is 0 Å². The summed E-state index contributed by atoms with van der Waals surface area (Å²) in [5.74, 6) is 1.55. The molecule has 42 heavy (non-hydrogen) atoms. The molecule has 0 amide bonds. The Morgan fingerprint density at radius 3 is 2.21 bits per heavy atom. The van der Waals surface area contributed by atoms with E-state index in [9.17, 15) is 4.79 Å². The Morgan fingerprint density at radius 1 is 0.833 bits per heavy atom. The Kier molecular flexibility index (Phi) is 6.53. The lowest BCUT2D eigenvalue weighted by Gasteiger charge is -2.29.